The van der Waals surface area contributed by atoms with Crippen LogP contribution in [0.1, 0.15) is 52.7 Å². The van der Waals surface area contributed by atoms with Gasteiger partial charge in [-0.15, -0.1) is 0 Å². The molecule has 1 aromatic heterocycles. The van der Waals surface area contributed by atoms with Crippen molar-refractivity contribution < 1.29 is 31.9 Å². The number of ether oxygens (including phenoxy) is 2. The quantitative estimate of drug-likeness (QED) is 0.661. The van der Waals surface area contributed by atoms with Gasteiger partial charge in [-0.3, -0.25) is 0 Å². The molecule has 0 spiro atoms. The van der Waals surface area contributed by atoms with Crippen LogP contribution in [-0.2, 0) is 26.1 Å². The topological polar surface area (TPSA) is 103 Å². The highest BCUT2D eigenvalue weighted by Gasteiger charge is 2.31. The molecular formula is C20H23NO7S. The number of piperidine rings is 1. The van der Waals surface area contributed by atoms with Crippen LogP contribution in [0.15, 0.2) is 45.9 Å². The summed E-state index contributed by atoms with van der Waals surface area (Å²) >= 11 is 0. The summed E-state index contributed by atoms with van der Waals surface area (Å²) in [6.45, 7) is 2.23. The van der Waals surface area contributed by atoms with Crippen molar-refractivity contribution in [3.63, 3.8) is 0 Å². The highest BCUT2D eigenvalue weighted by Crippen LogP contribution is 2.25. The summed E-state index contributed by atoms with van der Waals surface area (Å²) in [6, 6.07) is 7.11. The number of carbonyl (C=O) groups excluding carboxylic acids is 2. The first kappa shape index (κ1) is 21.1. The Morgan fingerprint density at radius 2 is 1.86 bits per heavy atom. The monoisotopic (exact) mass is 421 g/mol. The molecule has 0 bridgehead atoms. The highest BCUT2D eigenvalue weighted by atomic mass is 32.2. The van der Waals surface area contributed by atoms with E-state index in [1.165, 1.54) is 48.0 Å². The number of hydrogen-bond acceptors (Lipinski definition) is 7. The minimum Gasteiger partial charge on any atom is -0.463 e. The van der Waals surface area contributed by atoms with Gasteiger partial charge in [0, 0.05) is 18.2 Å². The predicted octanol–water partition coefficient (Wildman–Crippen LogP) is 2.99. The summed E-state index contributed by atoms with van der Waals surface area (Å²) in [7, 11) is -2.38. The molecule has 0 aliphatic carbocycles. The second-order valence-electron chi connectivity index (χ2n) is 6.83. The lowest BCUT2D eigenvalue weighted by Crippen LogP contribution is -2.41. The van der Waals surface area contributed by atoms with E-state index in [9.17, 15) is 18.0 Å². The molecule has 0 saturated carbocycles. The molecule has 29 heavy (non-hydrogen) atoms. The van der Waals surface area contributed by atoms with Crippen molar-refractivity contribution in [3.8, 4) is 0 Å². The van der Waals surface area contributed by atoms with Gasteiger partial charge in [0.05, 0.1) is 23.8 Å². The van der Waals surface area contributed by atoms with Gasteiger partial charge in [0.2, 0.25) is 15.8 Å². The zero-order chi connectivity index (χ0) is 21.0. The van der Waals surface area contributed by atoms with Gasteiger partial charge in [-0.1, -0.05) is 6.42 Å². The van der Waals surface area contributed by atoms with Gasteiger partial charge in [0.1, 0.15) is 6.61 Å². The van der Waals surface area contributed by atoms with Crippen LogP contribution in [0.2, 0.25) is 0 Å². The van der Waals surface area contributed by atoms with E-state index >= 15 is 0 Å². The van der Waals surface area contributed by atoms with Crippen LogP contribution < -0.4 is 0 Å². The van der Waals surface area contributed by atoms with E-state index in [2.05, 4.69) is 4.74 Å². The third-order valence-electron chi connectivity index (χ3n) is 4.91. The predicted molar refractivity (Wildman–Crippen MR) is 103 cm³/mol. The molecule has 0 radical (unpaired) electrons. The Bertz CT molecular complexity index is 979. The van der Waals surface area contributed by atoms with E-state index in [0.717, 1.165) is 19.3 Å². The Kier molecular flexibility index (Phi) is 6.39. The Labute approximate surface area is 169 Å². The van der Waals surface area contributed by atoms with E-state index in [0.29, 0.717) is 12.1 Å². The average Bonchev–Trinajstić information content (AvgIpc) is 3.20. The number of nitrogens with zero attached hydrogens (tertiary/aromatic N) is 1. The molecule has 1 aromatic carbocycles. The summed E-state index contributed by atoms with van der Waals surface area (Å²) in [5.41, 5.74) is 0.585. The van der Waals surface area contributed by atoms with E-state index in [1.807, 2.05) is 6.92 Å². The second kappa shape index (κ2) is 8.79. The van der Waals surface area contributed by atoms with Crippen molar-refractivity contribution in [2.75, 3.05) is 13.7 Å². The fourth-order valence-corrected chi connectivity index (χ4v) is 4.97. The SMILES string of the molecule is COC(=O)c1occc1COC(=O)c1ccc(S(=O)(=O)N2CCCC[C@@H]2C)cc1. The number of esters is 2. The van der Waals surface area contributed by atoms with Gasteiger partial charge in [-0.2, -0.15) is 4.31 Å². The lowest BCUT2D eigenvalue weighted by Gasteiger charge is -2.32. The van der Waals surface area contributed by atoms with Gasteiger partial charge in [-0.25, -0.2) is 18.0 Å². The second-order valence-corrected chi connectivity index (χ2v) is 8.72. The fraction of sp³-hybridized carbons (Fsp3) is 0.400. The average molecular weight is 421 g/mol. The summed E-state index contributed by atoms with van der Waals surface area (Å²) in [4.78, 5) is 24.0. The van der Waals surface area contributed by atoms with Crippen LogP contribution in [0.5, 0.6) is 0 Å². The smallest absolute Gasteiger partial charge is 0.374 e. The van der Waals surface area contributed by atoms with Crippen molar-refractivity contribution in [3.05, 3.63) is 53.5 Å². The number of carbonyl (C=O) groups is 2. The van der Waals surface area contributed by atoms with E-state index in [4.69, 9.17) is 9.15 Å². The largest absolute Gasteiger partial charge is 0.463 e. The maximum Gasteiger partial charge on any atom is 0.374 e. The van der Waals surface area contributed by atoms with Crippen LogP contribution >= 0.6 is 0 Å². The van der Waals surface area contributed by atoms with Crippen LogP contribution in [0.3, 0.4) is 0 Å². The molecule has 0 N–H and O–H groups in total. The lowest BCUT2D eigenvalue weighted by molar-refractivity contribution is 0.0453. The van der Waals surface area contributed by atoms with Crippen LogP contribution in [0, 0.1) is 0 Å². The van der Waals surface area contributed by atoms with Crippen molar-refractivity contribution in [2.45, 2.75) is 43.7 Å². The molecule has 0 unspecified atom stereocenters. The molecule has 9 heteroatoms. The Balaban J connectivity index is 1.68. The molecule has 2 aromatic rings. The van der Waals surface area contributed by atoms with Crippen molar-refractivity contribution >= 4 is 22.0 Å². The first-order valence-corrected chi connectivity index (χ1v) is 10.7. The van der Waals surface area contributed by atoms with E-state index in [-0.39, 0.29) is 28.9 Å². The van der Waals surface area contributed by atoms with Gasteiger partial charge < -0.3 is 13.9 Å². The number of sulfonamides is 1. The molecule has 0 amide bonds. The molecular weight excluding hydrogens is 398 g/mol. The summed E-state index contributed by atoms with van der Waals surface area (Å²) < 4.78 is 42.0. The van der Waals surface area contributed by atoms with Gasteiger partial charge >= 0.3 is 11.9 Å². The zero-order valence-electron chi connectivity index (χ0n) is 16.3. The standard InChI is InChI=1S/C20H23NO7S/c1-14-5-3-4-11-21(14)29(24,25)17-8-6-15(7-9-17)19(22)28-13-16-10-12-27-18(16)20(23)26-2/h6-10,12,14H,3-5,11,13H2,1-2H3/t14-/m0/s1. The number of benzene rings is 1. The number of hydrogen-bond donors (Lipinski definition) is 0. The van der Waals surface area contributed by atoms with Gasteiger partial charge in [0.25, 0.3) is 0 Å². The normalized spacial score (nSPS) is 17.7. The molecule has 1 aliphatic rings. The van der Waals surface area contributed by atoms with Crippen LogP contribution in [-0.4, -0.2) is 44.4 Å². The third-order valence-corrected chi connectivity index (χ3v) is 6.94. The molecule has 8 nitrogen and oxygen atoms in total. The molecule has 156 valence electrons. The number of methoxy groups -OCH3 is 1. The van der Waals surface area contributed by atoms with Gasteiger partial charge in [-0.05, 0) is 50.1 Å². The first-order valence-electron chi connectivity index (χ1n) is 9.28. The summed E-state index contributed by atoms with van der Waals surface area (Å²) in [6.07, 6.45) is 4.00. The minimum absolute atomic E-state index is 0.0302. The molecule has 1 atom stereocenters. The Morgan fingerprint density at radius 3 is 2.52 bits per heavy atom. The molecule has 2 heterocycles. The van der Waals surface area contributed by atoms with Crippen molar-refractivity contribution in [2.24, 2.45) is 0 Å². The Morgan fingerprint density at radius 1 is 1.14 bits per heavy atom. The van der Waals surface area contributed by atoms with Gasteiger partial charge in [0.15, 0.2) is 0 Å². The van der Waals surface area contributed by atoms with Crippen LogP contribution in [0.4, 0.5) is 0 Å². The summed E-state index contributed by atoms with van der Waals surface area (Å²) in [5, 5.41) is 0. The molecule has 1 saturated heterocycles. The van der Waals surface area contributed by atoms with Crippen molar-refractivity contribution in [1.29, 1.82) is 0 Å². The molecule has 1 fully saturated rings. The number of furan rings is 1. The number of rotatable bonds is 6. The lowest BCUT2D eigenvalue weighted by atomic mass is 10.1. The third kappa shape index (κ3) is 4.51. The maximum absolute atomic E-state index is 12.8. The fourth-order valence-electron chi connectivity index (χ4n) is 3.27. The highest BCUT2D eigenvalue weighted by molar-refractivity contribution is 7.89. The van der Waals surface area contributed by atoms with E-state index < -0.39 is 22.0 Å². The summed E-state index contributed by atoms with van der Waals surface area (Å²) in [5.74, 6) is -1.34. The molecule has 1 aliphatic heterocycles. The maximum atomic E-state index is 12.8. The van der Waals surface area contributed by atoms with E-state index in [1.54, 1.807) is 0 Å². The zero-order valence-corrected chi connectivity index (χ0v) is 17.1. The van der Waals surface area contributed by atoms with Crippen molar-refractivity contribution in [1.82, 2.24) is 4.31 Å². The molecule has 3 rings (SSSR count). The van der Waals surface area contributed by atoms with Crippen LogP contribution in [0.25, 0.3) is 0 Å². The first-order chi connectivity index (χ1) is 13.8. The minimum atomic E-state index is -3.60. The Hall–Kier alpha value is -2.65.